The first-order chi connectivity index (χ1) is 11.7. The Morgan fingerprint density at radius 2 is 1.67 bits per heavy atom. The van der Waals surface area contributed by atoms with E-state index in [0.29, 0.717) is 25.9 Å². The number of rotatable bonds is 3. The van der Waals surface area contributed by atoms with Gasteiger partial charge in [0.15, 0.2) is 0 Å². The van der Waals surface area contributed by atoms with Gasteiger partial charge < -0.3 is 10.2 Å². The molecule has 2 aromatic carbocycles. The second-order valence-electron chi connectivity index (χ2n) is 6.56. The van der Waals surface area contributed by atoms with Gasteiger partial charge in [0.2, 0.25) is 11.8 Å². The SMILES string of the molecule is O=C1CC[C@]2(C(=O)NC[C@H]2c2ccccc2)N1Cc1ccccc1. The first-order valence-electron chi connectivity index (χ1n) is 8.39. The van der Waals surface area contributed by atoms with Gasteiger partial charge in [0.1, 0.15) is 5.54 Å². The van der Waals surface area contributed by atoms with Crippen molar-refractivity contribution in [3.8, 4) is 0 Å². The Balaban J connectivity index is 1.74. The molecule has 0 aromatic heterocycles. The molecule has 0 saturated carbocycles. The topological polar surface area (TPSA) is 49.4 Å². The summed E-state index contributed by atoms with van der Waals surface area (Å²) in [6, 6.07) is 20.0. The number of carbonyl (C=O) groups excluding carboxylic acids is 2. The van der Waals surface area contributed by atoms with Crippen LogP contribution in [0.25, 0.3) is 0 Å². The van der Waals surface area contributed by atoms with Crippen molar-refractivity contribution < 1.29 is 9.59 Å². The Kier molecular flexibility index (Phi) is 3.60. The second kappa shape index (κ2) is 5.78. The maximum Gasteiger partial charge on any atom is 0.246 e. The average molecular weight is 320 g/mol. The lowest BCUT2D eigenvalue weighted by molar-refractivity contribution is -0.140. The third-order valence-corrected chi connectivity index (χ3v) is 5.32. The third-order valence-electron chi connectivity index (χ3n) is 5.32. The third kappa shape index (κ3) is 2.21. The van der Waals surface area contributed by atoms with Gasteiger partial charge >= 0.3 is 0 Å². The number of carbonyl (C=O) groups is 2. The number of hydrogen-bond acceptors (Lipinski definition) is 2. The molecule has 2 fully saturated rings. The van der Waals surface area contributed by atoms with Crippen molar-refractivity contribution in [2.24, 2.45) is 0 Å². The normalized spacial score (nSPS) is 26.2. The van der Waals surface area contributed by atoms with Crippen molar-refractivity contribution in [3.63, 3.8) is 0 Å². The fraction of sp³-hybridized carbons (Fsp3) is 0.300. The molecule has 0 radical (unpaired) electrons. The summed E-state index contributed by atoms with van der Waals surface area (Å²) in [5.74, 6) is 0.0522. The zero-order valence-electron chi connectivity index (χ0n) is 13.4. The lowest BCUT2D eigenvalue weighted by atomic mass is 9.79. The van der Waals surface area contributed by atoms with Gasteiger partial charge in [0, 0.05) is 25.4 Å². The van der Waals surface area contributed by atoms with Crippen LogP contribution in [0.1, 0.15) is 29.9 Å². The highest BCUT2D eigenvalue weighted by molar-refractivity contribution is 5.97. The van der Waals surface area contributed by atoms with Crippen LogP contribution in [-0.2, 0) is 16.1 Å². The number of benzene rings is 2. The van der Waals surface area contributed by atoms with Crippen molar-refractivity contribution in [1.29, 1.82) is 0 Å². The number of hydrogen-bond donors (Lipinski definition) is 1. The summed E-state index contributed by atoms with van der Waals surface area (Å²) >= 11 is 0. The van der Waals surface area contributed by atoms with E-state index in [1.807, 2.05) is 53.4 Å². The first-order valence-corrected chi connectivity index (χ1v) is 8.39. The molecule has 0 aliphatic carbocycles. The van der Waals surface area contributed by atoms with Gasteiger partial charge in [-0.1, -0.05) is 60.7 Å². The zero-order chi connectivity index (χ0) is 16.6. The van der Waals surface area contributed by atoms with Crippen LogP contribution in [-0.4, -0.2) is 28.8 Å². The van der Waals surface area contributed by atoms with Crippen molar-refractivity contribution >= 4 is 11.8 Å². The Labute approximate surface area is 141 Å². The van der Waals surface area contributed by atoms with Gasteiger partial charge in [-0.2, -0.15) is 0 Å². The van der Waals surface area contributed by atoms with Gasteiger partial charge in [-0.15, -0.1) is 0 Å². The van der Waals surface area contributed by atoms with Gasteiger partial charge in [-0.25, -0.2) is 0 Å². The van der Waals surface area contributed by atoms with Crippen molar-refractivity contribution in [3.05, 3.63) is 71.8 Å². The molecule has 2 aliphatic rings. The quantitative estimate of drug-likeness (QED) is 0.944. The summed E-state index contributed by atoms with van der Waals surface area (Å²) in [5.41, 5.74) is 1.41. The molecule has 2 amide bonds. The lowest BCUT2D eigenvalue weighted by Crippen LogP contribution is -2.53. The van der Waals surface area contributed by atoms with E-state index >= 15 is 0 Å². The fourth-order valence-electron chi connectivity index (χ4n) is 4.14. The molecule has 1 spiro atoms. The minimum absolute atomic E-state index is 0.00126. The van der Waals surface area contributed by atoms with Gasteiger partial charge in [-0.05, 0) is 17.5 Å². The Bertz CT molecular complexity index is 760. The van der Waals surface area contributed by atoms with E-state index in [9.17, 15) is 9.59 Å². The predicted octanol–water partition coefficient (Wildman–Crippen LogP) is 2.46. The van der Waals surface area contributed by atoms with E-state index in [4.69, 9.17) is 0 Å². The summed E-state index contributed by atoms with van der Waals surface area (Å²) in [6.07, 6.45) is 1.02. The maximum atomic E-state index is 12.8. The predicted molar refractivity (Wildman–Crippen MR) is 91.1 cm³/mol. The molecule has 2 heterocycles. The van der Waals surface area contributed by atoms with E-state index in [1.165, 1.54) is 0 Å². The van der Waals surface area contributed by atoms with Crippen molar-refractivity contribution in [1.82, 2.24) is 10.2 Å². The number of nitrogens with zero attached hydrogens (tertiary/aromatic N) is 1. The Morgan fingerprint density at radius 1 is 1.00 bits per heavy atom. The van der Waals surface area contributed by atoms with Crippen LogP contribution in [0.3, 0.4) is 0 Å². The van der Waals surface area contributed by atoms with Crippen LogP contribution in [0.4, 0.5) is 0 Å². The molecule has 2 aliphatic heterocycles. The first kappa shape index (κ1) is 14.9. The molecule has 4 heteroatoms. The molecule has 4 rings (SSSR count). The highest BCUT2D eigenvalue weighted by atomic mass is 16.2. The van der Waals surface area contributed by atoms with E-state index in [1.54, 1.807) is 0 Å². The van der Waals surface area contributed by atoms with Crippen LogP contribution >= 0.6 is 0 Å². The van der Waals surface area contributed by atoms with Gasteiger partial charge in [0.25, 0.3) is 0 Å². The molecule has 2 atom stereocenters. The minimum Gasteiger partial charge on any atom is -0.353 e. The van der Waals surface area contributed by atoms with Gasteiger partial charge in [-0.3, -0.25) is 9.59 Å². The number of amides is 2. The monoisotopic (exact) mass is 320 g/mol. The standard InChI is InChI=1S/C20H20N2O2/c23-18-11-12-20(22(18)14-15-7-3-1-4-8-15)17(13-21-19(20)24)16-9-5-2-6-10-16/h1-10,17H,11-14H2,(H,21,24)/t17-,20-/m0/s1. The van der Waals surface area contributed by atoms with Crippen molar-refractivity contribution in [2.75, 3.05) is 6.54 Å². The largest absolute Gasteiger partial charge is 0.353 e. The highest BCUT2D eigenvalue weighted by Gasteiger charge is 2.59. The summed E-state index contributed by atoms with van der Waals surface area (Å²) in [5, 5.41) is 3.00. The zero-order valence-corrected chi connectivity index (χ0v) is 13.4. The average Bonchev–Trinajstić information content (AvgIpc) is 3.12. The summed E-state index contributed by atoms with van der Waals surface area (Å²) in [7, 11) is 0. The summed E-state index contributed by atoms with van der Waals surface area (Å²) in [4.78, 5) is 27.2. The van der Waals surface area contributed by atoms with Crippen molar-refractivity contribution in [2.45, 2.75) is 30.8 Å². The van der Waals surface area contributed by atoms with E-state index in [-0.39, 0.29) is 17.7 Å². The molecule has 0 unspecified atom stereocenters. The molecule has 1 N–H and O–H groups in total. The highest BCUT2D eigenvalue weighted by Crippen LogP contribution is 2.45. The van der Waals surface area contributed by atoms with Crippen LogP contribution in [0.2, 0.25) is 0 Å². The maximum absolute atomic E-state index is 12.8. The van der Waals surface area contributed by atoms with Crippen LogP contribution in [0.5, 0.6) is 0 Å². The molecule has 24 heavy (non-hydrogen) atoms. The van der Waals surface area contributed by atoms with E-state index < -0.39 is 5.54 Å². The summed E-state index contributed by atoms with van der Waals surface area (Å²) in [6.45, 7) is 1.07. The Morgan fingerprint density at radius 3 is 2.38 bits per heavy atom. The van der Waals surface area contributed by atoms with E-state index in [0.717, 1.165) is 11.1 Å². The smallest absolute Gasteiger partial charge is 0.246 e. The molecule has 4 nitrogen and oxygen atoms in total. The second-order valence-corrected chi connectivity index (χ2v) is 6.56. The van der Waals surface area contributed by atoms with E-state index in [2.05, 4.69) is 17.4 Å². The minimum atomic E-state index is -0.756. The van der Waals surface area contributed by atoms with Crippen LogP contribution < -0.4 is 5.32 Å². The Hall–Kier alpha value is -2.62. The van der Waals surface area contributed by atoms with Crippen LogP contribution in [0.15, 0.2) is 60.7 Å². The number of nitrogens with one attached hydrogen (secondary N) is 1. The summed E-state index contributed by atoms with van der Waals surface area (Å²) < 4.78 is 0. The lowest BCUT2D eigenvalue weighted by Gasteiger charge is -2.37. The van der Waals surface area contributed by atoms with Crippen LogP contribution in [0, 0.1) is 0 Å². The fourth-order valence-corrected chi connectivity index (χ4v) is 4.14. The molecule has 2 aromatic rings. The molecular weight excluding hydrogens is 300 g/mol. The molecule has 122 valence electrons. The van der Waals surface area contributed by atoms with Gasteiger partial charge in [0.05, 0.1) is 0 Å². The molecular formula is C20H20N2O2. The number of likely N-dealkylation sites (tertiary alicyclic amines) is 1. The molecule has 2 saturated heterocycles. The molecule has 0 bridgehead atoms.